The van der Waals surface area contributed by atoms with Crippen LogP contribution in [-0.4, -0.2) is 16.2 Å². The number of halogens is 5. The van der Waals surface area contributed by atoms with Crippen molar-refractivity contribution in [3.63, 3.8) is 0 Å². The van der Waals surface area contributed by atoms with Crippen LogP contribution in [0.5, 0.6) is 0 Å². The first kappa shape index (κ1) is 14.6. The van der Waals surface area contributed by atoms with Gasteiger partial charge < -0.3 is 4.74 Å². The molecule has 0 unspecified atom stereocenters. The Morgan fingerprint density at radius 1 is 1.35 bits per heavy atom. The third-order valence-corrected chi connectivity index (χ3v) is 2.54. The Morgan fingerprint density at radius 3 is 2.41 bits per heavy atom. The van der Waals surface area contributed by atoms with E-state index in [0.29, 0.717) is 11.2 Å². The summed E-state index contributed by atoms with van der Waals surface area (Å²) in [6.45, 7) is 3.76. The maximum Gasteiger partial charge on any atom is 0.449 e. The first-order valence-electron chi connectivity index (χ1n) is 4.80. The van der Waals surface area contributed by atoms with Gasteiger partial charge in [-0.3, -0.25) is 4.57 Å². The molecule has 0 saturated carbocycles. The van der Waals surface area contributed by atoms with Gasteiger partial charge in [0.2, 0.25) is 5.82 Å². The van der Waals surface area contributed by atoms with Crippen molar-refractivity contribution in [2.45, 2.75) is 26.8 Å². The van der Waals surface area contributed by atoms with Crippen molar-refractivity contribution in [3.05, 3.63) is 16.1 Å². The van der Waals surface area contributed by atoms with Crippen LogP contribution in [0.3, 0.4) is 0 Å². The Kier molecular flexibility index (Phi) is 4.69. The summed E-state index contributed by atoms with van der Waals surface area (Å²) in [7, 11) is 0. The topological polar surface area (TPSA) is 27.1 Å². The number of hydrogen-bond donors (Lipinski definition) is 0. The number of aromatic nitrogens is 2. The highest BCUT2D eigenvalue weighted by Gasteiger charge is 2.38. The fraction of sp³-hybridized carbons (Fsp3) is 0.667. The highest BCUT2D eigenvalue weighted by Crippen LogP contribution is 2.33. The molecule has 0 saturated heterocycles. The molecule has 1 aromatic heterocycles. The van der Waals surface area contributed by atoms with Crippen molar-refractivity contribution in [3.8, 4) is 0 Å². The standard InChI is InChI=1S/C9H11Cl2F3N2O/c1-5(2)3-17-4-16-7(11)6(10)15-8(16)9(12,13)14/h5H,3-4H2,1-2H3. The van der Waals surface area contributed by atoms with Crippen LogP contribution >= 0.6 is 23.2 Å². The van der Waals surface area contributed by atoms with Gasteiger partial charge in [0.1, 0.15) is 11.9 Å². The van der Waals surface area contributed by atoms with Crippen LogP contribution in [0, 0.1) is 5.92 Å². The minimum Gasteiger partial charge on any atom is -0.360 e. The van der Waals surface area contributed by atoms with Crippen LogP contribution in [0.4, 0.5) is 13.2 Å². The number of imidazole rings is 1. The first-order valence-corrected chi connectivity index (χ1v) is 5.55. The SMILES string of the molecule is CC(C)COCn1c(C(F)(F)F)nc(Cl)c1Cl. The number of nitrogens with zero attached hydrogens (tertiary/aromatic N) is 2. The Bertz CT molecular complexity index is 390. The number of rotatable bonds is 4. The summed E-state index contributed by atoms with van der Waals surface area (Å²) >= 11 is 11.1. The molecule has 98 valence electrons. The second kappa shape index (κ2) is 5.46. The minimum absolute atomic E-state index is 0.210. The van der Waals surface area contributed by atoms with Crippen LogP contribution in [0.1, 0.15) is 19.7 Å². The second-order valence-electron chi connectivity index (χ2n) is 3.84. The Morgan fingerprint density at radius 2 is 1.94 bits per heavy atom. The molecule has 0 bridgehead atoms. The van der Waals surface area contributed by atoms with Gasteiger partial charge in [0.15, 0.2) is 5.15 Å². The monoisotopic (exact) mass is 290 g/mol. The summed E-state index contributed by atoms with van der Waals surface area (Å²) < 4.78 is 43.5. The van der Waals surface area contributed by atoms with Crippen LogP contribution in [0.2, 0.25) is 10.3 Å². The molecular weight excluding hydrogens is 280 g/mol. The van der Waals surface area contributed by atoms with E-state index in [1.165, 1.54) is 0 Å². The predicted molar refractivity (Wildman–Crippen MR) is 58.0 cm³/mol. The highest BCUT2D eigenvalue weighted by atomic mass is 35.5. The molecule has 0 aliphatic rings. The molecule has 0 aliphatic carbocycles. The van der Waals surface area contributed by atoms with E-state index in [2.05, 4.69) is 4.98 Å². The molecular formula is C9H11Cl2F3N2O. The lowest BCUT2D eigenvalue weighted by Crippen LogP contribution is -2.17. The van der Waals surface area contributed by atoms with Crippen molar-refractivity contribution in [2.75, 3.05) is 6.61 Å². The van der Waals surface area contributed by atoms with Gasteiger partial charge in [-0.1, -0.05) is 37.0 Å². The molecule has 0 radical (unpaired) electrons. The summed E-state index contributed by atoms with van der Waals surface area (Å²) in [6.07, 6.45) is -4.61. The van der Waals surface area contributed by atoms with Gasteiger partial charge in [0.05, 0.1) is 6.61 Å². The van der Waals surface area contributed by atoms with Crippen LogP contribution in [0.15, 0.2) is 0 Å². The van der Waals surface area contributed by atoms with Gasteiger partial charge >= 0.3 is 6.18 Å². The third kappa shape index (κ3) is 3.76. The van der Waals surface area contributed by atoms with E-state index in [1.54, 1.807) is 0 Å². The minimum atomic E-state index is -4.61. The lowest BCUT2D eigenvalue weighted by atomic mass is 10.2. The molecule has 17 heavy (non-hydrogen) atoms. The number of hydrogen-bond acceptors (Lipinski definition) is 2. The fourth-order valence-electron chi connectivity index (χ4n) is 1.12. The summed E-state index contributed by atoms with van der Waals surface area (Å²) in [6, 6.07) is 0. The molecule has 0 amide bonds. The summed E-state index contributed by atoms with van der Waals surface area (Å²) in [4.78, 5) is 3.17. The van der Waals surface area contributed by atoms with Crippen molar-refractivity contribution in [1.82, 2.24) is 9.55 Å². The molecule has 1 rings (SSSR count). The average molecular weight is 291 g/mol. The molecule has 0 aromatic carbocycles. The predicted octanol–water partition coefficient (Wildman–Crippen LogP) is 3.84. The summed E-state index contributed by atoms with van der Waals surface area (Å²) in [5.74, 6) is -0.946. The van der Waals surface area contributed by atoms with E-state index in [1.807, 2.05) is 13.8 Å². The maximum atomic E-state index is 12.6. The number of alkyl halides is 3. The lowest BCUT2D eigenvalue weighted by molar-refractivity contribution is -0.149. The van der Waals surface area contributed by atoms with E-state index in [0.717, 1.165) is 0 Å². The van der Waals surface area contributed by atoms with Gasteiger partial charge in [-0.25, -0.2) is 4.98 Å². The second-order valence-corrected chi connectivity index (χ2v) is 4.55. The average Bonchev–Trinajstić information content (AvgIpc) is 2.44. The van der Waals surface area contributed by atoms with Crippen molar-refractivity contribution >= 4 is 23.2 Å². The normalized spacial score (nSPS) is 12.5. The molecule has 1 heterocycles. The van der Waals surface area contributed by atoms with Crippen LogP contribution < -0.4 is 0 Å². The quantitative estimate of drug-likeness (QED) is 0.842. The zero-order valence-electron chi connectivity index (χ0n) is 9.18. The molecule has 8 heteroatoms. The first-order chi connectivity index (χ1) is 7.73. The molecule has 3 nitrogen and oxygen atoms in total. The third-order valence-electron chi connectivity index (χ3n) is 1.79. The van der Waals surface area contributed by atoms with Gasteiger partial charge in [-0.15, -0.1) is 0 Å². The van der Waals surface area contributed by atoms with E-state index < -0.39 is 12.0 Å². The van der Waals surface area contributed by atoms with Gasteiger partial charge in [-0.05, 0) is 5.92 Å². The summed E-state index contributed by atoms with van der Waals surface area (Å²) in [5, 5.41) is -0.658. The molecule has 0 aliphatic heterocycles. The Hall–Kier alpha value is -0.460. The van der Waals surface area contributed by atoms with Gasteiger partial charge in [-0.2, -0.15) is 13.2 Å². The van der Waals surface area contributed by atoms with E-state index in [-0.39, 0.29) is 23.0 Å². The van der Waals surface area contributed by atoms with Crippen molar-refractivity contribution in [2.24, 2.45) is 5.92 Å². The molecule has 0 atom stereocenters. The van der Waals surface area contributed by atoms with Crippen molar-refractivity contribution < 1.29 is 17.9 Å². The summed E-state index contributed by atoms with van der Waals surface area (Å²) in [5.41, 5.74) is 0. The van der Waals surface area contributed by atoms with Gasteiger partial charge in [0, 0.05) is 0 Å². The maximum absolute atomic E-state index is 12.6. The lowest BCUT2D eigenvalue weighted by Gasteiger charge is -2.12. The molecule has 1 aromatic rings. The Balaban J connectivity index is 2.89. The van der Waals surface area contributed by atoms with Gasteiger partial charge in [0.25, 0.3) is 0 Å². The fourth-order valence-corrected chi connectivity index (χ4v) is 1.47. The Labute approximate surface area is 106 Å². The molecule has 0 spiro atoms. The largest absolute Gasteiger partial charge is 0.449 e. The highest BCUT2D eigenvalue weighted by molar-refractivity contribution is 6.40. The zero-order chi connectivity index (χ0) is 13.2. The zero-order valence-corrected chi connectivity index (χ0v) is 10.7. The smallest absolute Gasteiger partial charge is 0.360 e. The van der Waals surface area contributed by atoms with Crippen LogP contribution in [-0.2, 0) is 17.6 Å². The number of ether oxygens (including phenoxy) is 1. The van der Waals surface area contributed by atoms with Crippen molar-refractivity contribution in [1.29, 1.82) is 0 Å². The van der Waals surface area contributed by atoms with E-state index in [9.17, 15) is 13.2 Å². The van der Waals surface area contributed by atoms with E-state index >= 15 is 0 Å². The van der Waals surface area contributed by atoms with E-state index in [4.69, 9.17) is 27.9 Å². The molecule has 0 fully saturated rings. The van der Waals surface area contributed by atoms with Crippen LogP contribution in [0.25, 0.3) is 0 Å². The molecule has 0 N–H and O–H groups in total.